The van der Waals surface area contributed by atoms with Crippen LogP contribution in [0.1, 0.15) is 19.3 Å². The first-order chi connectivity index (χ1) is 10.3. The number of carboxylic acids is 1. The Morgan fingerprint density at radius 3 is 2.27 bits per heavy atom. The minimum absolute atomic E-state index is 0.0256. The van der Waals surface area contributed by atoms with Gasteiger partial charge in [0.2, 0.25) is 11.8 Å². The molecule has 0 heterocycles. The highest BCUT2D eigenvalue weighted by molar-refractivity contribution is 5.83. The molecule has 0 rings (SSSR count). The number of nitrogens with zero attached hydrogens (tertiary/aromatic N) is 1. The number of amides is 2. The Labute approximate surface area is 129 Å². The van der Waals surface area contributed by atoms with Crippen LogP contribution in [0.5, 0.6) is 0 Å². The molecule has 0 aromatic rings. The molecule has 128 valence electrons. The predicted octanol–water partition coefficient (Wildman–Crippen LogP) is -3.07. The van der Waals surface area contributed by atoms with Gasteiger partial charge in [-0.15, -0.1) is 0 Å². The van der Waals surface area contributed by atoms with Crippen molar-refractivity contribution in [3.63, 3.8) is 0 Å². The number of hydrogen-bond donors (Lipinski definition) is 6. The van der Waals surface area contributed by atoms with Crippen molar-refractivity contribution < 1.29 is 19.5 Å². The van der Waals surface area contributed by atoms with Crippen LogP contribution in [-0.4, -0.2) is 66.7 Å². The van der Waals surface area contributed by atoms with Crippen LogP contribution >= 0.6 is 0 Å². The molecule has 10 nitrogen and oxygen atoms in total. The standard InChI is InChI=1S/C12H26N6O4/c1-18(7-11(20)21)17-10(19)6-8(2-4-13)16-12(22)9(15)3-5-14/h8-9H,2-7,13-15H2,1H3,(H,16,22)(H,17,19)(H,20,21)/t8-,9-/m0/s1. The summed E-state index contributed by atoms with van der Waals surface area (Å²) in [6, 6.07) is -1.21. The van der Waals surface area contributed by atoms with Gasteiger partial charge < -0.3 is 27.6 Å². The van der Waals surface area contributed by atoms with Crippen LogP contribution in [-0.2, 0) is 14.4 Å². The second-order valence-electron chi connectivity index (χ2n) is 4.96. The van der Waals surface area contributed by atoms with Crippen molar-refractivity contribution in [1.29, 1.82) is 0 Å². The van der Waals surface area contributed by atoms with Gasteiger partial charge in [-0.25, -0.2) is 5.01 Å². The lowest BCUT2D eigenvalue weighted by molar-refractivity contribution is -0.139. The number of rotatable bonds is 11. The third-order valence-electron chi connectivity index (χ3n) is 2.80. The lowest BCUT2D eigenvalue weighted by atomic mass is 10.1. The van der Waals surface area contributed by atoms with E-state index in [1.165, 1.54) is 7.05 Å². The molecular formula is C12H26N6O4. The molecule has 0 aromatic carbocycles. The van der Waals surface area contributed by atoms with Crippen LogP contribution in [0.15, 0.2) is 0 Å². The van der Waals surface area contributed by atoms with Crippen LogP contribution < -0.4 is 27.9 Å². The molecule has 0 saturated carbocycles. The molecule has 0 radical (unpaired) electrons. The lowest BCUT2D eigenvalue weighted by Gasteiger charge is -2.22. The zero-order valence-electron chi connectivity index (χ0n) is 12.7. The summed E-state index contributed by atoms with van der Waals surface area (Å²) in [5, 5.41) is 12.4. The summed E-state index contributed by atoms with van der Waals surface area (Å²) in [5.74, 6) is -1.88. The summed E-state index contributed by atoms with van der Waals surface area (Å²) in [6.45, 7) is 0.243. The number of aliphatic carboxylic acids is 1. The number of hydrazine groups is 1. The number of likely N-dealkylation sites (N-methyl/N-ethyl adjacent to an activating group) is 1. The number of carbonyl (C=O) groups excluding carboxylic acids is 2. The maximum absolute atomic E-state index is 11.8. The average Bonchev–Trinajstić information content (AvgIpc) is 2.37. The van der Waals surface area contributed by atoms with Crippen LogP contribution in [0.2, 0.25) is 0 Å². The minimum Gasteiger partial charge on any atom is -0.480 e. The average molecular weight is 318 g/mol. The molecule has 2 atom stereocenters. The largest absolute Gasteiger partial charge is 0.480 e. The predicted molar refractivity (Wildman–Crippen MR) is 80.3 cm³/mol. The first-order valence-electron chi connectivity index (χ1n) is 6.98. The van der Waals surface area contributed by atoms with Gasteiger partial charge in [0.05, 0.1) is 6.04 Å². The van der Waals surface area contributed by atoms with Crippen molar-refractivity contribution in [2.75, 3.05) is 26.7 Å². The van der Waals surface area contributed by atoms with Crippen molar-refractivity contribution in [3.05, 3.63) is 0 Å². The number of nitrogens with one attached hydrogen (secondary N) is 2. The Morgan fingerprint density at radius 1 is 1.18 bits per heavy atom. The van der Waals surface area contributed by atoms with E-state index in [0.717, 1.165) is 5.01 Å². The van der Waals surface area contributed by atoms with Gasteiger partial charge in [-0.1, -0.05) is 0 Å². The SMILES string of the molecule is CN(CC(=O)O)NC(=O)C[C@H](CCN)NC(=O)[C@@H](N)CCN. The molecule has 0 aliphatic heterocycles. The molecular weight excluding hydrogens is 292 g/mol. The van der Waals surface area contributed by atoms with E-state index in [1.54, 1.807) is 0 Å². The highest BCUT2D eigenvalue weighted by Gasteiger charge is 2.20. The minimum atomic E-state index is -1.07. The van der Waals surface area contributed by atoms with E-state index in [0.29, 0.717) is 12.8 Å². The molecule has 0 saturated heterocycles. The van der Waals surface area contributed by atoms with Gasteiger partial charge in [0.25, 0.3) is 0 Å². The zero-order chi connectivity index (χ0) is 17.1. The van der Waals surface area contributed by atoms with E-state index in [9.17, 15) is 14.4 Å². The Balaban J connectivity index is 4.41. The summed E-state index contributed by atoms with van der Waals surface area (Å²) in [5.41, 5.74) is 18.8. The van der Waals surface area contributed by atoms with Gasteiger partial charge in [0.1, 0.15) is 6.54 Å². The first-order valence-corrected chi connectivity index (χ1v) is 6.98. The molecule has 0 fully saturated rings. The molecule has 10 heteroatoms. The maximum atomic E-state index is 11.8. The van der Waals surface area contributed by atoms with Crippen molar-refractivity contribution in [2.45, 2.75) is 31.3 Å². The molecule has 0 aliphatic carbocycles. The quantitative estimate of drug-likeness (QED) is 0.217. The smallest absolute Gasteiger partial charge is 0.319 e. The second-order valence-corrected chi connectivity index (χ2v) is 4.96. The van der Waals surface area contributed by atoms with E-state index in [4.69, 9.17) is 22.3 Å². The highest BCUT2D eigenvalue weighted by Crippen LogP contribution is 1.99. The Bertz CT molecular complexity index is 379. The molecule has 0 bridgehead atoms. The Kier molecular flexibility index (Phi) is 10.0. The third-order valence-corrected chi connectivity index (χ3v) is 2.80. The number of carbonyl (C=O) groups is 3. The van der Waals surface area contributed by atoms with Gasteiger partial charge in [0, 0.05) is 19.5 Å². The van der Waals surface area contributed by atoms with Gasteiger partial charge in [-0.05, 0) is 25.9 Å². The molecule has 2 amide bonds. The molecule has 9 N–H and O–H groups in total. The van der Waals surface area contributed by atoms with E-state index >= 15 is 0 Å². The van der Waals surface area contributed by atoms with Crippen molar-refractivity contribution >= 4 is 17.8 Å². The van der Waals surface area contributed by atoms with Gasteiger partial charge in [0.15, 0.2) is 0 Å². The summed E-state index contributed by atoms with van der Waals surface area (Å²) >= 11 is 0. The van der Waals surface area contributed by atoms with E-state index in [-0.39, 0.29) is 26.1 Å². The van der Waals surface area contributed by atoms with Gasteiger partial charge in [-0.2, -0.15) is 0 Å². The molecule has 0 unspecified atom stereocenters. The van der Waals surface area contributed by atoms with Crippen molar-refractivity contribution in [3.8, 4) is 0 Å². The van der Waals surface area contributed by atoms with E-state index < -0.39 is 29.9 Å². The normalized spacial score (nSPS) is 13.5. The van der Waals surface area contributed by atoms with Crippen LogP contribution in [0.4, 0.5) is 0 Å². The van der Waals surface area contributed by atoms with E-state index in [2.05, 4.69) is 10.7 Å². The lowest BCUT2D eigenvalue weighted by Crippen LogP contribution is -2.49. The van der Waals surface area contributed by atoms with Gasteiger partial charge in [-0.3, -0.25) is 19.8 Å². The highest BCUT2D eigenvalue weighted by atomic mass is 16.4. The number of carboxylic acid groups (broad SMARTS) is 1. The molecule has 0 spiro atoms. The topological polar surface area (TPSA) is 177 Å². The van der Waals surface area contributed by atoms with E-state index in [1.807, 2.05) is 0 Å². The number of nitrogens with two attached hydrogens (primary N) is 3. The molecule has 0 aromatic heterocycles. The Hall–Kier alpha value is -1.75. The van der Waals surface area contributed by atoms with Crippen LogP contribution in [0, 0.1) is 0 Å². The van der Waals surface area contributed by atoms with Crippen molar-refractivity contribution in [1.82, 2.24) is 15.8 Å². The van der Waals surface area contributed by atoms with Crippen LogP contribution in [0.25, 0.3) is 0 Å². The maximum Gasteiger partial charge on any atom is 0.319 e. The second kappa shape index (κ2) is 10.9. The van der Waals surface area contributed by atoms with Crippen LogP contribution in [0.3, 0.4) is 0 Å². The fourth-order valence-electron chi connectivity index (χ4n) is 1.77. The summed E-state index contributed by atoms with van der Waals surface area (Å²) in [4.78, 5) is 34.1. The molecule has 0 aliphatic rings. The Morgan fingerprint density at radius 2 is 1.77 bits per heavy atom. The number of hydrogen-bond acceptors (Lipinski definition) is 7. The molecule has 22 heavy (non-hydrogen) atoms. The summed E-state index contributed by atoms with van der Waals surface area (Å²) in [7, 11) is 1.43. The first kappa shape index (κ1) is 20.2. The summed E-state index contributed by atoms with van der Waals surface area (Å²) < 4.78 is 0. The fourth-order valence-corrected chi connectivity index (χ4v) is 1.77. The van der Waals surface area contributed by atoms with Gasteiger partial charge >= 0.3 is 5.97 Å². The fraction of sp³-hybridized carbons (Fsp3) is 0.750. The zero-order valence-corrected chi connectivity index (χ0v) is 12.7. The third kappa shape index (κ3) is 9.23. The monoisotopic (exact) mass is 318 g/mol. The summed E-state index contributed by atoms with van der Waals surface area (Å²) in [6.07, 6.45) is 0.716. The van der Waals surface area contributed by atoms with Crippen molar-refractivity contribution in [2.24, 2.45) is 17.2 Å².